The molecule has 3 rings (SSSR count). The van der Waals surface area contributed by atoms with Gasteiger partial charge in [-0.25, -0.2) is 0 Å². The zero-order valence-corrected chi connectivity index (χ0v) is 15.5. The van der Waals surface area contributed by atoms with Crippen molar-refractivity contribution in [1.29, 1.82) is 0 Å². The van der Waals surface area contributed by atoms with Crippen molar-refractivity contribution >= 4 is 23.2 Å². The summed E-state index contributed by atoms with van der Waals surface area (Å²) >= 11 is 0. The van der Waals surface area contributed by atoms with Crippen molar-refractivity contribution in [3.8, 4) is 0 Å². The fourth-order valence-corrected chi connectivity index (χ4v) is 3.24. The smallest absolute Gasteiger partial charge is 0.322 e. The van der Waals surface area contributed by atoms with Crippen LogP contribution in [-0.4, -0.2) is 18.4 Å². The molecular formula is C21H21F3N2O2. The highest BCUT2D eigenvalue weighted by atomic mass is 19.4. The number of hydrogen-bond acceptors (Lipinski definition) is 2. The number of fused-ring (bicyclic) bond motifs is 1. The first kappa shape index (κ1) is 19.9. The SMILES string of the molecule is CCCCN1C(=O)CCc2cc(NC(=O)c3cccc(C(F)(F)F)c3)ccc21. The molecule has 0 atom stereocenters. The topological polar surface area (TPSA) is 49.4 Å². The lowest BCUT2D eigenvalue weighted by Crippen LogP contribution is -2.35. The van der Waals surface area contributed by atoms with Crippen LogP contribution in [0, 0.1) is 0 Å². The highest BCUT2D eigenvalue weighted by Gasteiger charge is 2.31. The molecule has 28 heavy (non-hydrogen) atoms. The molecule has 0 aromatic heterocycles. The molecule has 2 amide bonds. The number of hydrogen-bond donors (Lipinski definition) is 1. The van der Waals surface area contributed by atoms with E-state index in [4.69, 9.17) is 0 Å². The normalized spacial score (nSPS) is 14.0. The largest absolute Gasteiger partial charge is 0.416 e. The van der Waals surface area contributed by atoms with Gasteiger partial charge in [-0.1, -0.05) is 19.4 Å². The van der Waals surface area contributed by atoms with E-state index < -0.39 is 17.6 Å². The number of anilines is 2. The zero-order valence-electron chi connectivity index (χ0n) is 15.5. The van der Waals surface area contributed by atoms with Crippen LogP contribution < -0.4 is 10.2 Å². The van der Waals surface area contributed by atoms with Gasteiger partial charge in [0.15, 0.2) is 0 Å². The number of amides is 2. The van der Waals surface area contributed by atoms with E-state index in [1.54, 1.807) is 23.1 Å². The minimum Gasteiger partial charge on any atom is -0.322 e. The first-order valence-electron chi connectivity index (χ1n) is 9.21. The van der Waals surface area contributed by atoms with Crippen molar-refractivity contribution < 1.29 is 22.8 Å². The maximum atomic E-state index is 12.8. The fraction of sp³-hybridized carbons (Fsp3) is 0.333. The number of rotatable bonds is 5. The molecule has 2 aromatic rings. The van der Waals surface area contributed by atoms with Crippen LogP contribution in [0.25, 0.3) is 0 Å². The van der Waals surface area contributed by atoms with Crippen LogP contribution in [0.2, 0.25) is 0 Å². The number of unbranched alkanes of at least 4 members (excludes halogenated alkanes) is 1. The lowest BCUT2D eigenvalue weighted by atomic mass is 10.00. The average Bonchev–Trinajstić information content (AvgIpc) is 2.67. The first-order valence-corrected chi connectivity index (χ1v) is 9.21. The summed E-state index contributed by atoms with van der Waals surface area (Å²) in [7, 11) is 0. The number of nitrogens with one attached hydrogen (secondary N) is 1. The molecule has 0 saturated carbocycles. The van der Waals surface area contributed by atoms with E-state index in [0.717, 1.165) is 36.2 Å². The summed E-state index contributed by atoms with van der Waals surface area (Å²) < 4.78 is 38.5. The van der Waals surface area contributed by atoms with Crippen molar-refractivity contribution in [2.24, 2.45) is 0 Å². The fourth-order valence-electron chi connectivity index (χ4n) is 3.24. The summed E-state index contributed by atoms with van der Waals surface area (Å²) in [4.78, 5) is 26.3. The summed E-state index contributed by atoms with van der Waals surface area (Å²) in [5, 5.41) is 2.65. The highest BCUT2D eigenvalue weighted by Crippen LogP contribution is 2.32. The molecule has 7 heteroatoms. The Balaban J connectivity index is 1.79. The number of benzene rings is 2. The summed E-state index contributed by atoms with van der Waals surface area (Å²) in [6, 6.07) is 9.55. The van der Waals surface area contributed by atoms with Crippen molar-refractivity contribution in [1.82, 2.24) is 0 Å². The van der Waals surface area contributed by atoms with Gasteiger partial charge in [-0.2, -0.15) is 13.2 Å². The molecule has 0 unspecified atom stereocenters. The van der Waals surface area contributed by atoms with Gasteiger partial charge in [0.05, 0.1) is 5.56 Å². The first-order chi connectivity index (χ1) is 13.3. The summed E-state index contributed by atoms with van der Waals surface area (Å²) in [6.07, 6.45) is -1.65. The predicted octanol–water partition coefficient (Wildman–Crippen LogP) is 5.04. The zero-order chi connectivity index (χ0) is 20.3. The van der Waals surface area contributed by atoms with Gasteiger partial charge in [-0.15, -0.1) is 0 Å². The molecule has 0 radical (unpaired) electrons. The lowest BCUT2D eigenvalue weighted by molar-refractivity contribution is -0.137. The van der Waals surface area contributed by atoms with Gasteiger partial charge in [0.1, 0.15) is 0 Å². The molecule has 0 bridgehead atoms. The Bertz CT molecular complexity index is 893. The highest BCUT2D eigenvalue weighted by molar-refractivity contribution is 6.05. The number of halogens is 3. The Morgan fingerprint density at radius 1 is 1.14 bits per heavy atom. The average molecular weight is 390 g/mol. The number of carbonyl (C=O) groups is 2. The van der Waals surface area contributed by atoms with Crippen molar-refractivity contribution in [3.05, 3.63) is 59.2 Å². The third-order valence-corrected chi connectivity index (χ3v) is 4.72. The third kappa shape index (κ3) is 4.35. The van der Waals surface area contributed by atoms with Gasteiger partial charge in [0.2, 0.25) is 5.91 Å². The molecule has 1 aliphatic heterocycles. The number of nitrogens with zero attached hydrogens (tertiary/aromatic N) is 1. The van der Waals surface area contributed by atoms with Crippen molar-refractivity contribution in [2.75, 3.05) is 16.8 Å². The van der Waals surface area contributed by atoms with E-state index in [1.807, 2.05) is 0 Å². The van der Waals surface area contributed by atoms with Crippen molar-refractivity contribution in [2.45, 2.75) is 38.8 Å². The second-order valence-corrected chi connectivity index (χ2v) is 6.78. The maximum absolute atomic E-state index is 12.8. The Kier molecular flexibility index (Phi) is 5.72. The van der Waals surface area contributed by atoms with Gasteiger partial charge in [0, 0.05) is 29.9 Å². The van der Waals surface area contributed by atoms with E-state index in [1.165, 1.54) is 12.1 Å². The third-order valence-electron chi connectivity index (χ3n) is 4.72. The monoisotopic (exact) mass is 390 g/mol. The van der Waals surface area contributed by atoms with E-state index >= 15 is 0 Å². The standard InChI is InChI=1S/C21H21F3N2O2/c1-2-3-11-26-18-9-8-17(13-14(18)7-10-19(26)27)25-20(28)15-5-4-6-16(12-15)21(22,23)24/h4-6,8-9,12-13H,2-3,7,10-11H2,1H3,(H,25,28). The molecule has 0 fully saturated rings. The predicted molar refractivity (Wildman–Crippen MR) is 101 cm³/mol. The Morgan fingerprint density at radius 2 is 1.93 bits per heavy atom. The Labute approximate surface area is 161 Å². The Hall–Kier alpha value is -2.83. The molecule has 1 aliphatic rings. The molecule has 0 aliphatic carbocycles. The second-order valence-electron chi connectivity index (χ2n) is 6.78. The van der Waals surface area contributed by atoms with Crippen LogP contribution in [0.15, 0.2) is 42.5 Å². The van der Waals surface area contributed by atoms with Crippen LogP contribution in [0.5, 0.6) is 0 Å². The molecule has 148 valence electrons. The summed E-state index contributed by atoms with van der Waals surface area (Å²) in [5.74, 6) is -0.525. The molecule has 1 heterocycles. The second kappa shape index (κ2) is 8.04. The van der Waals surface area contributed by atoms with Crippen LogP contribution in [0.1, 0.15) is 47.7 Å². The van der Waals surface area contributed by atoms with Crippen LogP contribution in [0.3, 0.4) is 0 Å². The van der Waals surface area contributed by atoms with Gasteiger partial charge in [-0.05, 0) is 54.8 Å². The van der Waals surface area contributed by atoms with E-state index in [9.17, 15) is 22.8 Å². The molecule has 1 N–H and O–H groups in total. The lowest BCUT2D eigenvalue weighted by Gasteiger charge is -2.29. The van der Waals surface area contributed by atoms with Gasteiger partial charge in [0.25, 0.3) is 5.91 Å². The summed E-state index contributed by atoms with van der Waals surface area (Å²) in [6.45, 7) is 2.71. The molecule has 0 saturated heterocycles. The van der Waals surface area contributed by atoms with E-state index in [-0.39, 0.29) is 11.5 Å². The number of carbonyl (C=O) groups excluding carboxylic acids is 2. The quantitative estimate of drug-likeness (QED) is 0.778. The van der Waals surface area contributed by atoms with Gasteiger partial charge < -0.3 is 10.2 Å². The molecule has 2 aromatic carbocycles. The molecular weight excluding hydrogens is 369 g/mol. The van der Waals surface area contributed by atoms with E-state index in [2.05, 4.69) is 12.2 Å². The summed E-state index contributed by atoms with van der Waals surface area (Å²) in [5.41, 5.74) is 1.34. The van der Waals surface area contributed by atoms with Gasteiger partial charge >= 0.3 is 6.18 Å². The molecule has 4 nitrogen and oxygen atoms in total. The minimum absolute atomic E-state index is 0.0627. The number of aryl methyl sites for hydroxylation is 1. The van der Waals surface area contributed by atoms with E-state index in [0.29, 0.717) is 25.1 Å². The van der Waals surface area contributed by atoms with Gasteiger partial charge in [-0.3, -0.25) is 9.59 Å². The van der Waals surface area contributed by atoms with Crippen LogP contribution in [-0.2, 0) is 17.4 Å². The Morgan fingerprint density at radius 3 is 2.64 bits per heavy atom. The minimum atomic E-state index is -4.50. The number of alkyl halides is 3. The van der Waals surface area contributed by atoms with Crippen LogP contribution in [0.4, 0.5) is 24.5 Å². The van der Waals surface area contributed by atoms with Crippen LogP contribution >= 0.6 is 0 Å². The maximum Gasteiger partial charge on any atom is 0.416 e. The molecule has 0 spiro atoms. The van der Waals surface area contributed by atoms with Crippen molar-refractivity contribution in [3.63, 3.8) is 0 Å².